The van der Waals surface area contributed by atoms with Crippen LogP contribution in [-0.4, -0.2) is 14.8 Å². The minimum atomic E-state index is -0.635. The molecule has 2 rings (SSSR count). The lowest BCUT2D eigenvalue weighted by atomic mass is 10.3. The fraction of sp³-hybridized carbons (Fsp3) is 0.571. The number of fused-ring (bicyclic) bond motifs is 1. The molecule has 1 aliphatic rings. The van der Waals surface area contributed by atoms with Crippen molar-refractivity contribution in [2.75, 3.05) is 0 Å². The second-order valence-corrected chi connectivity index (χ2v) is 2.84. The van der Waals surface area contributed by atoms with Gasteiger partial charge in [0, 0.05) is 13.0 Å². The van der Waals surface area contributed by atoms with Crippen LogP contribution in [0.1, 0.15) is 24.1 Å². The van der Waals surface area contributed by atoms with Crippen molar-refractivity contribution in [2.45, 2.75) is 25.4 Å². The molecule has 1 atom stereocenters. The SMILES string of the molecule is N#CC(N)c1nnc2n1CCC2. The van der Waals surface area contributed by atoms with Crippen molar-refractivity contribution in [3.63, 3.8) is 0 Å². The lowest BCUT2D eigenvalue weighted by molar-refractivity contribution is 0.663. The van der Waals surface area contributed by atoms with Crippen LogP contribution in [0, 0.1) is 11.3 Å². The van der Waals surface area contributed by atoms with E-state index in [0.717, 1.165) is 25.2 Å². The summed E-state index contributed by atoms with van der Waals surface area (Å²) in [4.78, 5) is 0. The Labute approximate surface area is 69.8 Å². The maximum Gasteiger partial charge on any atom is 0.164 e. The van der Waals surface area contributed by atoms with Crippen LogP contribution in [0.5, 0.6) is 0 Å². The highest BCUT2D eigenvalue weighted by Gasteiger charge is 2.20. The number of nitrogens with two attached hydrogens (primary N) is 1. The molecule has 1 aliphatic heterocycles. The summed E-state index contributed by atoms with van der Waals surface area (Å²) >= 11 is 0. The average Bonchev–Trinajstić information content (AvgIpc) is 2.62. The Morgan fingerprint density at radius 3 is 3.17 bits per heavy atom. The van der Waals surface area contributed by atoms with Gasteiger partial charge in [0.25, 0.3) is 0 Å². The monoisotopic (exact) mass is 163 g/mol. The van der Waals surface area contributed by atoms with E-state index in [-0.39, 0.29) is 0 Å². The van der Waals surface area contributed by atoms with E-state index >= 15 is 0 Å². The Morgan fingerprint density at radius 1 is 1.58 bits per heavy atom. The van der Waals surface area contributed by atoms with Gasteiger partial charge in [0.1, 0.15) is 5.82 Å². The standard InChI is InChI=1S/C7H9N5/c8-4-5(9)7-11-10-6-2-1-3-12(6)7/h5H,1-3,9H2. The van der Waals surface area contributed by atoms with Gasteiger partial charge in [0.15, 0.2) is 11.9 Å². The van der Waals surface area contributed by atoms with E-state index in [1.54, 1.807) is 0 Å². The summed E-state index contributed by atoms with van der Waals surface area (Å²) in [6, 6.07) is 1.32. The van der Waals surface area contributed by atoms with Gasteiger partial charge in [0.05, 0.1) is 6.07 Å². The molecule has 62 valence electrons. The van der Waals surface area contributed by atoms with E-state index in [4.69, 9.17) is 11.0 Å². The normalized spacial score (nSPS) is 17.0. The number of aromatic nitrogens is 3. The van der Waals surface area contributed by atoms with Crippen LogP contribution in [0.4, 0.5) is 0 Å². The first-order valence-corrected chi connectivity index (χ1v) is 3.90. The van der Waals surface area contributed by atoms with Gasteiger partial charge in [-0.05, 0) is 6.42 Å². The van der Waals surface area contributed by atoms with Crippen molar-refractivity contribution in [1.29, 1.82) is 5.26 Å². The lowest BCUT2D eigenvalue weighted by Crippen LogP contribution is -2.14. The van der Waals surface area contributed by atoms with E-state index in [1.165, 1.54) is 0 Å². The fourth-order valence-corrected chi connectivity index (χ4v) is 1.46. The molecule has 2 N–H and O–H groups in total. The quantitative estimate of drug-likeness (QED) is 0.618. The molecule has 5 nitrogen and oxygen atoms in total. The Bertz CT molecular complexity index is 334. The summed E-state index contributed by atoms with van der Waals surface area (Å²) in [6.07, 6.45) is 2.03. The highest BCUT2D eigenvalue weighted by Crippen LogP contribution is 2.17. The second kappa shape index (κ2) is 2.57. The maximum absolute atomic E-state index is 8.58. The number of nitriles is 1. The van der Waals surface area contributed by atoms with Crippen LogP contribution >= 0.6 is 0 Å². The van der Waals surface area contributed by atoms with E-state index in [1.807, 2.05) is 10.6 Å². The molecule has 12 heavy (non-hydrogen) atoms. The molecule has 0 aliphatic carbocycles. The Morgan fingerprint density at radius 2 is 2.42 bits per heavy atom. The molecule has 2 heterocycles. The molecule has 0 saturated carbocycles. The predicted molar refractivity (Wildman–Crippen MR) is 40.9 cm³/mol. The zero-order valence-corrected chi connectivity index (χ0v) is 6.56. The Hall–Kier alpha value is -1.41. The molecule has 0 amide bonds. The molecular formula is C7H9N5. The molecule has 0 radical (unpaired) electrons. The van der Waals surface area contributed by atoms with Gasteiger partial charge in [0.2, 0.25) is 0 Å². The van der Waals surface area contributed by atoms with Gasteiger partial charge in [-0.2, -0.15) is 5.26 Å². The number of nitrogens with zero attached hydrogens (tertiary/aromatic N) is 4. The number of hydrogen-bond acceptors (Lipinski definition) is 4. The highest BCUT2D eigenvalue weighted by molar-refractivity contribution is 5.10. The number of hydrogen-bond donors (Lipinski definition) is 1. The topological polar surface area (TPSA) is 80.5 Å². The first-order valence-electron chi connectivity index (χ1n) is 3.90. The molecule has 5 heteroatoms. The van der Waals surface area contributed by atoms with Crippen molar-refractivity contribution in [1.82, 2.24) is 14.8 Å². The molecule has 1 unspecified atom stereocenters. The minimum Gasteiger partial charge on any atom is -0.313 e. The zero-order chi connectivity index (χ0) is 8.55. The molecule has 0 spiro atoms. The first kappa shape index (κ1) is 7.25. The van der Waals surface area contributed by atoms with Gasteiger partial charge >= 0.3 is 0 Å². The van der Waals surface area contributed by atoms with Crippen molar-refractivity contribution in [3.8, 4) is 6.07 Å². The Kier molecular flexibility index (Phi) is 1.55. The van der Waals surface area contributed by atoms with E-state index in [0.29, 0.717) is 5.82 Å². The van der Waals surface area contributed by atoms with Crippen molar-refractivity contribution >= 4 is 0 Å². The summed E-state index contributed by atoms with van der Waals surface area (Å²) in [5.74, 6) is 1.56. The van der Waals surface area contributed by atoms with Gasteiger partial charge in [-0.25, -0.2) is 0 Å². The van der Waals surface area contributed by atoms with Gasteiger partial charge in [-0.1, -0.05) is 0 Å². The summed E-state index contributed by atoms with van der Waals surface area (Å²) < 4.78 is 1.94. The highest BCUT2D eigenvalue weighted by atomic mass is 15.3. The molecule has 0 bridgehead atoms. The van der Waals surface area contributed by atoms with Crippen molar-refractivity contribution in [2.24, 2.45) is 5.73 Å². The summed E-state index contributed by atoms with van der Waals surface area (Å²) in [6.45, 7) is 0.896. The second-order valence-electron chi connectivity index (χ2n) is 2.84. The molecule has 1 aromatic heterocycles. The van der Waals surface area contributed by atoms with Crippen LogP contribution in [0.3, 0.4) is 0 Å². The third kappa shape index (κ3) is 0.889. The van der Waals surface area contributed by atoms with Crippen molar-refractivity contribution < 1.29 is 0 Å². The summed E-state index contributed by atoms with van der Waals surface area (Å²) in [7, 11) is 0. The van der Waals surface area contributed by atoms with Crippen LogP contribution in [0.25, 0.3) is 0 Å². The van der Waals surface area contributed by atoms with Crippen LogP contribution in [0.2, 0.25) is 0 Å². The Balaban J connectivity index is 2.41. The van der Waals surface area contributed by atoms with Crippen LogP contribution in [0.15, 0.2) is 0 Å². The van der Waals surface area contributed by atoms with E-state index in [2.05, 4.69) is 10.2 Å². The van der Waals surface area contributed by atoms with E-state index in [9.17, 15) is 0 Å². The number of aryl methyl sites for hydroxylation is 1. The van der Waals surface area contributed by atoms with Gasteiger partial charge < -0.3 is 10.3 Å². The third-order valence-electron chi connectivity index (χ3n) is 2.06. The molecule has 1 aromatic rings. The van der Waals surface area contributed by atoms with Crippen molar-refractivity contribution in [3.05, 3.63) is 11.6 Å². The van der Waals surface area contributed by atoms with Crippen LogP contribution in [-0.2, 0) is 13.0 Å². The number of rotatable bonds is 1. The largest absolute Gasteiger partial charge is 0.313 e. The molecule has 0 fully saturated rings. The van der Waals surface area contributed by atoms with E-state index < -0.39 is 6.04 Å². The zero-order valence-electron chi connectivity index (χ0n) is 6.56. The van der Waals surface area contributed by atoms with Gasteiger partial charge in [-0.3, -0.25) is 0 Å². The summed E-state index contributed by atoms with van der Waals surface area (Å²) in [5.41, 5.74) is 5.53. The maximum atomic E-state index is 8.58. The molecular weight excluding hydrogens is 154 g/mol. The van der Waals surface area contributed by atoms with Gasteiger partial charge in [-0.15, -0.1) is 10.2 Å². The lowest BCUT2D eigenvalue weighted by Gasteiger charge is -2.02. The molecule has 0 aromatic carbocycles. The average molecular weight is 163 g/mol. The first-order chi connectivity index (χ1) is 5.83. The smallest absolute Gasteiger partial charge is 0.164 e. The summed E-state index contributed by atoms with van der Waals surface area (Å²) in [5, 5.41) is 16.4. The van der Waals surface area contributed by atoms with Crippen LogP contribution < -0.4 is 5.73 Å². The third-order valence-corrected chi connectivity index (χ3v) is 2.06. The fourth-order valence-electron chi connectivity index (χ4n) is 1.46. The minimum absolute atomic E-state index is 0.602. The molecule has 0 saturated heterocycles. The predicted octanol–water partition coefficient (Wildman–Crippen LogP) is -0.252.